The first-order valence-corrected chi connectivity index (χ1v) is 16.9. The summed E-state index contributed by atoms with van der Waals surface area (Å²) in [7, 11) is 0. The smallest absolute Gasteiger partial charge is 0.175 e. The molecule has 5 rings (SSSR count). The minimum atomic E-state index is -0.583. The van der Waals surface area contributed by atoms with Crippen LogP contribution in [0, 0.1) is 5.92 Å². The fourth-order valence-corrected chi connectivity index (χ4v) is 7.65. The Bertz CT molecular complexity index is 918. The van der Waals surface area contributed by atoms with Crippen LogP contribution < -0.4 is 4.74 Å². The Morgan fingerprint density at radius 2 is 1.44 bits per heavy atom. The van der Waals surface area contributed by atoms with Crippen molar-refractivity contribution < 1.29 is 23.8 Å². The lowest BCUT2D eigenvalue weighted by Crippen LogP contribution is -2.73. The van der Waals surface area contributed by atoms with Gasteiger partial charge in [-0.25, -0.2) is 0 Å². The summed E-state index contributed by atoms with van der Waals surface area (Å²) in [6.45, 7) is 13.9. The van der Waals surface area contributed by atoms with Gasteiger partial charge in [-0.05, 0) is 76.5 Å². The Kier molecular flexibility index (Phi) is 10.4. The summed E-state index contributed by atoms with van der Waals surface area (Å²) < 4.78 is 25.6. The van der Waals surface area contributed by atoms with Crippen molar-refractivity contribution in [3.05, 3.63) is 29.8 Å². The highest BCUT2D eigenvalue weighted by Crippen LogP contribution is 2.54. The van der Waals surface area contributed by atoms with E-state index in [2.05, 4.69) is 63.9 Å². The molecule has 4 atom stereocenters. The Labute approximate surface area is 249 Å². The van der Waals surface area contributed by atoms with E-state index in [1.54, 1.807) is 0 Å². The molecule has 6 heteroatoms. The number of hydrogen-bond acceptors (Lipinski definition) is 6. The standard InChI is InChI=1S/C35H57NO5/c1-6-33(4)26-35(40-30-14-10-8-11-15-30,41-31-16-12-9-13-17-31)27(3)34(5,7-2)36(33)39-23-22-28-18-20-29(21-19-28)37-24-32-25-38-32/h18-21,27,30-32H,6-17,22-26H2,1-5H3. The summed E-state index contributed by atoms with van der Waals surface area (Å²) in [4.78, 5) is 6.84. The second kappa shape index (κ2) is 13.6. The van der Waals surface area contributed by atoms with Crippen molar-refractivity contribution in [1.82, 2.24) is 5.06 Å². The van der Waals surface area contributed by atoms with Gasteiger partial charge in [0.05, 0.1) is 31.0 Å². The normalized spacial score (nSPS) is 33.1. The molecule has 0 amide bonds. The van der Waals surface area contributed by atoms with E-state index >= 15 is 0 Å². The largest absolute Gasteiger partial charge is 0.491 e. The van der Waals surface area contributed by atoms with Gasteiger partial charge in [-0.3, -0.25) is 4.84 Å². The van der Waals surface area contributed by atoms with Gasteiger partial charge in [0.15, 0.2) is 5.79 Å². The van der Waals surface area contributed by atoms with Crippen LogP contribution in [0.5, 0.6) is 5.75 Å². The molecule has 0 radical (unpaired) electrons. The third-order valence-electron chi connectivity index (χ3n) is 10.9. The van der Waals surface area contributed by atoms with E-state index in [4.69, 9.17) is 23.8 Å². The predicted molar refractivity (Wildman–Crippen MR) is 163 cm³/mol. The monoisotopic (exact) mass is 571 g/mol. The van der Waals surface area contributed by atoms with E-state index in [1.807, 2.05) is 0 Å². The highest BCUT2D eigenvalue weighted by molar-refractivity contribution is 5.27. The summed E-state index contributed by atoms with van der Waals surface area (Å²) in [6, 6.07) is 8.44. The minimum absolute atomic E-state index is 0.176. The van der Waals surface area contributed by atoms with Crippen molar-refractivity contribution in [2.45, 2.75) is 160 Å². The average Bonchev–Trinajstić information content (AvgIpc) is 3.83. The van der Waals surface area contributed by atoms with Gasteiger partial charge in [-0.15, -0.1) is 0 Å². The average molecular weight is 572 g/mol. The Morgan fingerprint density at radius 3 is 1.95 bits per heavy atom. The Hall–Kier alpha value is -1.18. The highest BCUT2D eigenvalue weighted by atomic mass is 16.7. The van der Waals surface area contributed by atoms with Crippen molar-refractivity contribution in [3.8, 4) is 5.75 Å². The molecular formula is C35H57NO5. The molecule has 4 fully saturated rings. The summed E-state index contributed by atoms with van der Waals surface area (Å²) >= 11 is 0. The topological polar surface area (TPSA) is 52.7 Å². The maximum atomic E-state index is 7.28. The van der Waals surface area contributed by atoms with Gasteiger partial charge in [0.25, 0.3) is 0 Å². The molecule has 2 heterocycles. The van der Waals surface area contributed by atoms with E-state index in [-0.39, 0.29) is 23.1 Å². The molecule has 0 aromatic heterocycles. The SMILES string of the molecule is CCC1(C)CC(OC2CCCCC2)(OC2CCCCC2)C(C)C(C)(CC)N1OCCc1ccc(OCC2CO2)cc1. The summed E-state index contributed by atoms with van der Waals surface area (Å²) in [6.07, 6.45) is 16.9. The van der Waals surface area contributed by atoms with Gasteiger partial charge in [-0.1, -0.05) is 71.4 Å². The highest BCUT2D eigenvalue weighted by Gasteiger charge is 2.63. The molecule has 4 unspecified atom stereocenters. The number of nitrogens with zero attached hydrogens (tertiary/aromatic N) is 1. The first-order chi connectivity index (χ1) is 19.8. The lowest BCUT2D eigenvalue weighted by molar-refractivity contribution is -0.403. The van der Waals surface area contributed by atoms with E-state index in [0.717, 1.165) is 63.7 Å². The lowest BCUT2D eigenvalue weighted by atomic mass is 9.67. The number of benzene rings is 1. The van der Waals surface area contributed by atoms with E-state index in [1.165, 1.54) is 44.1 Å². The molecule has 0 bridgehead atoms. The molecule has 1 aromatic rings. The van der Waals surface area contributed by atoms with Gasteiger partial charge in [0, 0.05) is 17.9 Å². The third-order valence-corrected chi connectivity index (χ3v) is 10.9. The first kappa shape index (κ1) is 31.3. The maximum absolute atomic E-state index is 7.28. The number of ether oxygens (including phenoxy) is 4. The van der Waals surface area contributed by atoms with Crippen LogP contribution in [-0.2, 0) is 25.5 Å². The quantitative estimate of drug-likeness (QED) is 0.177. The number of hydroxylamine groups is 2. The Balaban J connectivity index is 1.32. The van der Waals surface area contributed by atoms with Crippen molar-refractivity contribution >= 4 is 0 Å². The zero-order valence-electron chi connectivity index (χ0n) is 26.6. The number of piperidine rings is 1. The molecule has 232 valence electrons. The van der Waals surface area contributed by atoms with Crippen molar-refractivity contribution in [2.24, 2.45) is 5.92 Å². The van der Waals surface area contributed by atoms with Crippen LogP contribution in [0.25, 0.3) is 0 Å². The van der Waals surface area contributed by atoms with Crippen LogP contribution in [-0.4, -0.2) is 60.1 Å². The lowest BCUT2D eigenvalue weighted by Gasteiger charge is -2.63. The van der Waals surface area contributed by atoms with Crippen LogP contribution in [0.3, 0.4) is 0 Å². The Morgan fingerprint density at radius 1 is 0.854 bits per heavy atom. The van der Waals surface area contributed by atoms with E-state index in [0.29, 0.717) is 25.4 Å². The van der Waals surface area contributed by atoms with Crippen LogP contribution in [0.15, 0.2) is 24.3 Å². The number of hydrogen-bond donors (Lipinski definition) is 0. The second-order valence-corrected chi connectivity index (χ2v) is 13.8. The van der Waals surface area contributed by atoms with Crippen LogP contribution in [0.1, 0.15) is 124 Å². The molecule has 1 aromatic carbocycles. The molecule has 0 spiro atoms. The molecule has 2 aliphatic carbocycles. The molecule has 2 saturated carbocycles. The van der Waals surface area contributed by atoms with Gasteiger partial charge in [-0.2, -0.15) is 5.06 Å². The van der Waals surface area contributed by atoms with Crippen LogP contribution >= 0.6 is 0 Å². The molecule has 41 heavy (non-hydrogen) atoms. The summed E-state index contributed by atoms with van der Waals surface area (Å²) in [5, 5.41) is 2.38. The fourth-order valence-electron chi connectivity index (χ4n) is 7.65. The van der Waals surface area contributed by atoms with E-state index in [9.17, 15) is 0 Å². The molecule has 2 aliphatic heterocycles. The number of rotatable bonds is 13. The van der Waals surface area contributed by atoms with Gasteiger partial charge in [0.2, 0.25) is 0 Å². The van der Waals surface area contributed by atoms with Crippen molar-refractivity contribution in [3.63, 3.8) is 0 Å². The van der Waals surface area contributed by atoms with Gasteiger partial charge in [0.1, 0.15) is 18.5 Å². The third kappa shape index (κ3) is 7.32. The first-order valence-electron chi connectivity index (χ1n) is 16.9. The summed E-state index contributed by atoms with van der Waals surface area (Å²) in [5.74, 6) is 0.496. The fraction of sp³-hybridized carbons (Fsp3) is 0.829. The van der Waals surface area contributed by atoms with Gasteiger partial charge < -0.3 is 18.9 Å². The number of epoxide rings is 1. The van der Waals surface area contributed by atoms with Gasteiger partial charge >= 0.3 is 0 Å². The van der Waals surface area contributed by atoms with E-state index < -0.39 is 5.79 Å². The van der Waals surface area contributed by atoms with Crippen molar-refractivity contribution in [1.29, 1.82) is 0 Å². The van der Waals surface area contributed by atoms with Crippen molar-refractivity contribution in [2.75, 3.05) is 19.8 Å². The van der Waals surface area contributed by atoms with Crippen LogP contribution in [0.4, 0.5) is 0 Å². The molecular weight excluding hydrogens is 514 g/mol. The predicted octanol–water partition coefficient (Wildman–Crippen LogP) is 8.01. The molecule has 6 nitrogen and oxygen atoms in total. The zero-order valence-corrected chi connectivity index (χ0v) is 26.6. The molecule has 4 aliphatic rings. The minimum Gasteiger partial charge on any atom is -0.491 e. The maximum Gasteiger partial charge on any atom is 0.175 e. The zero-order chi connectivity index (χ0) is 28.9. The molecule has 2 saturated heterocycles. The second-order valence-electron chi connectivity index (χ2n) is 13.8. The summed E-state index contributed by atoms with van der Waals surface area (Å²) in [5.41, 5.74) is 0.857. The molecule has 0 N–H and O–H groups in total. The van der Waals surface area contributed by atoms with Crippen LogP contribution in [0.2, 0.25) is 0 Å².